The van der Waals surface area contributed by atoms with Gasteiger partial charge in [0.15, 0.2) is 0 Å². The topological polar surface area (TPSA) is 35.9 Å². The summed E-state index contributed by atoms with van der Waals surface area (Å²) < 4.78 is 7.79. The second kappa shape index (κ2) is 9.31. The van der Waals surface area contributed by atoms with E-state index in [-0.39, 0.29) is 6.04 Å². The van der Waals surface area contributed by atoms with E-state index in [1.54, 1.807) is 0 Å². The minimum Gasteiger partial charge on any atom is -0.436 e. The van der Waals surface area contributed by atoms with E-state index < -0.39 is 8.53 Å². The number of nitrogens with zero attached hydrogens (tertiary/aromatic N) is 2. The molecule has 0 spiro atoms. The molecule has 1 saturated heterocycles. The maximum absolute atomic E-state index is 10.5. The van der Waals surface area contributed by atoms with Crippen molar-refractivity contribution in [3.05, 3.63) is 102 Å². The Balaban J connectivity index is 1.44. The summed E-state index contributed by atoms with van der Waals surface area (Å²) in [5, 5.41) is 0. The van der Waals surface area contributed by atoms with Gasteiger partial charge in [-0.05, 0) is 23.3 Å². The van der Waals surface area contributed by atoms with Gasteiger partial charge in [0.05, 0.1) is 6.04 Å². The average molecular weight is 392 g/mol. The third-order valence-electron chi connectivity index (χ3n) is 5.06. The van der Waals surface area contributed by atoms with Gasteiger partial charge < -0.3 is 9.42 Å². The van der Waals surface area contributed by atoms with Gasteiger partial charge in [-0.1, -0.05) is 78.9 Å². The lowest BCUT2D eigenvalue weighted by atomic mass is 9.96. The molecule has 0 saturated carbocycles. The van der Waals surface area contributed by atoms with E-state index in [2.05, 4.69) is 65.6 Å². The fraction of sp³-hybridized carbons (Fsp3) is 0.217. The summed E-state index contributed by atoms with van der Waals surface area (Å²) in [6.07, 6.45) is 0. The highest BCUT2D eigenvalue weighted by atomic mass is 31.2. The Morgan fingerprint density at radius 1 is 0.679 bits per heavy atom. The van der Waals surface area contributed by atoms with E-state index in [4.69, 9.17) is 4.52 Å². The van der Waals surface area contributed by atoms with Crippen LogP contribution in [0.1, 0.15) is 17.2 Å². The zero-order valence-electron chi connectivity index (χ0n) is 15.8. The van der Waals surface area contributed by atoms with Crippen LogP contribution in [0, 0.1) is 0 Å². The van der Waals surface area contributed by atoms with Crippen molar-refractivity contribution in [2.75, 3.05) is 26.2 Å². The van der Waals surface area contributed by atoms with Gasteiger partial charge in [-0.15, -0.1) is 0 Å². The van der Waals surface area contributed by atoms with Crippen molar-refractivity contribution in [3.8, 4) is 5.75 Å². The number of hydrogen-bond donors (Lipinski definition) is 1. The van der Waals surface area contributed by atoms with Gasteiger partial charge in [0.25, 0.3) is 0 Å². The Morgan fingerprint density at radius 3 is 1.64 bits per heavy atom. The lowest BCUT2D eigenvalue weighted by molar-refractivity contribution is 0.148. The first-order chi connectivity index (χ1) is 13.8. The van der Waals surface area contributed by atoms with Crippen LogP contribution in [0.5, 0.6) is 5.75 Å². The fourth-order valence-corrected chi connectivity index (χ4v) is 4.61. The molecule has 28 heavy (non-hydrogen) atoms. The first kappa shape index (κ1) is 19.1. The molecule has 0 amide bonds. The molecule has 0 aromatic heterocycles. The Labute approximate surface area is 168 Å². The lowest BCUT2D eigenvalue weighted by Crippen LogP contribution is -2.46. The van der Waals surface area contributed by atoms with E-state index >= 15 is 0 Å². The van der Waals surface area contributed by atoms with Gasteiger partial charge in [-0.3, -0.25) is 4.90 Å². The van der Waals surface area contributed by atoms with Crippen LogP contribution in [0.2, 0.25) is 0 Å². The zero-order chi connectivity index (χ0) is 19.2. The number of piperazine rings is 1. The van der Waals surface area contributed by atoms with Crippen molar-refractivity contribution in [1.29, 1.82) is 0 Å². The number of rotatable bonds is 6. The number of benzene rings is 3. The molecule has 0 bridgehead atoms. The maximum Gasteiger partial charge on any atom is 0.318 e. The van der Waals surface area contributed by atoms with Crippen LogP contribution in [0.4, 0.5) is 0 Å². The summed E-state index contributed by atoms with van der Waals surface area (Å²) in [5.41, 5.74) is 2.60. The molecule has 5 heteroatoms. The third-order valence-corrected chi connectivity index (χ3v) is 6.32. The molecule has 3 aromatic carbocycles. The highest BCUT2D eigenvalue weighted by Gasteiger charge is 2.30. The third kappa shape index (κ3) is 4.60. The first-order valence-corrected chi connectivity index (χ1v) is 10.8. The predicted molar refractivity (Wildman–Crippen MR) is 114 cm³/mol. The second-order valence-corrected chi connectivity index (χ2v) is 8.12. The normalized spacial score (nSPS) is 16.8. The van der Waals surface area contributed by atoms with Gasteiger partial charge in [0.1, 0.15) is 5.75 Å². The molecule has 4 nitrogen and oxygen atoms in total. The molecule has 1 N–H and O–H groups in total. The van der Waals surface area contributed by atoms with Crippen LogP contribution < -0.4 is 4.52 Å². The Morgan fingerprint density at radius 2 is 1.14 bits per heavy atom. The summed E-state index contributed by atoms with van der Waals surface area (Å²) in [4.78, 5) is 13.0. The maximum atomic E-state index is 10.5. The molecular weight excluding hydrogens is 367 g/mol. The monoisotopic (exact) mass is 392 g/mol. The Kier molecular flexibility index (Phi) is 6.35. The first-order valence-electron chi connectivity index (χ1n) is 9.62. The van der Waals surface area contributed by atoms with Crippen LogP contribution in [0.3, 0.4) is 0 Å². The van der Waals surface area contributed by atoms with Gasteiger partial charge in [-0.25, -0.2) is 4.67 Å². The molecule has 1 aliphatic heterocycles. The fourth-order valence-electron chi connectivity index (χ4n) is 3.66. The van der Waals surface area contributed by atoms with Gasteiger partial charge >= 0.3 is 8.53 Å². The van der Waals surface area contributed by atoms with E-state index in [0.29, 0.717) is 5.75 Å². The molecule has 1 heterocycles. The lowest BCUT2D eigenvalue weighted by Gasteiger charge is -2.40. The summed E-state index contributed by atoms with van der Waals surface area (Å²) in [6.45, 7) is 3.33. The van der Waals surface area contributed by atoms with Crippen LogP contribution in [0.25, 0.3) is 0 Å². The largest absolute Gasteiger partial charge is 0.436 e. The SMILES string of the molecule is OP(Oc1ccccc1)N1CCN(C(c2ccccc2)c2ccccc2)CC1. The van der Waals surface area contributed by atoms with Crippen LogP contribution in [-0.4, -0.2) is 40.6 Å². The quantitative estimate of drug-likeness (QED) is 0.618. The molecule has 3 aromatic rings. The highest BCUT2D eigenvalue weighted by molar-refractivity contribution is 7.43. The van der Waals surface area contributed by atoms with E-state index in [9.17, 15) is 4.89 Å². The number of para-hydroxylation sites is 1. The van der Waals surface area contributed by atoms with Crippen LogP contribution >= 0.6 is 8.53 Å². The van der Waals surface area contributed by atoms with Gasteiger partial charge in [-0.2, -0.15) is 0 Å². The minimum absolute atomic E-state index is 0.226. The summed E-state index contributed by atoms with van der Waals surface area (Å²) in [5.74, 6) is 0.713. The molecule has 1 atom stereocenters. The number of hydrogen-bond acceptors (Lipinski definition) is 4. The summed E-state index contributed by atoms with van der Waals surface area (Å²) in [7, 11) is -1.62. The summed E-state index contributed by atoms with van der Waals surface area (Å²) >= 11 is 0. The van der Waals surface area contributed by atoms with Crippen molar-refractivity contribution < 1.29 is 9.42 Å². The van der Waals surface area contributed by atoms with Gasteiger partial charge in [0.2, 0.25) is 0 Å². The average Bonchev–Trinajstić information content (AvgIpc) is 2.77. The molecule has 4 rings (SSSR count). The molecule has 0 aliphatic carbocycles. The predicted octanol–water partition coefficient (Wildman–Crippen LogP) is 4.69. The molecule has 1 fully saturated rings. The Bertz CT molecular complexity index is 801. The molecule has 0 radical (unpaired) electrons. The zero-order valence-corrected chi connectivity index (χ0v) is 16.7. The highest BCUT2D eigenvalue weighted by Crippen LogP contribution is 2.39. The molecule has 144 valence electrons. The van der Waals surface area contributed by atoms with E-state index in [1.807, 2.05) is 35.0 Å². The van der Waals surface area contributed by atoms with Gasteiger partial charge in [0, 0.05) is 26.2 Å². The standard InChI is InChI=1S/C23H25N2O2P/c26-28(27-22-14-8-3-9-15-22)25-18-16-24(17-19-25)23(20-10-4-1-5-11-20)21-12-6-2-7-13-21/h1-15,23,26H,16-19H2. The van der Waals surface area contributed by atoms with E-state index in [0.717, 1.165) is 26.2 Å². The van der Waals surface area contributed by atoms with Crippen molar-refractivity contribution >= 4 is 8.53 Å². The molecule has 1 unspecified atom stereocenters. The van der Waals surface area contributed by atoms with Crippen molar-refractivity contribution in [2.45, 2.75) is 6.04 Å². The van der Waals surface area contributed by atoms with Crippen molar-refractivity contribution in [3.63, 3.8) is 0 Å². The Hall–Kier alpha value is -2.23. The second-order valence-electron chi connectivity index (χ2n) is 6.87. The van der Waals surface area contributed by atoms with Crippen LogP contribution in [-0.2, 0) is 0 Å². The smallest absolute Gasteiger partial charge is 0.318 e. The van der Waals surface area contributed by atoms with Crippen LogP contribution in [0.15, 0.2) is 91.0 Å². The van der Waals surface area contributed by atoms with E-state index in [1.165, 1.54) is 11.1 Å². The summed E-state index contributed by atoms with van der Waals surface area (Å²) in [6, 6.07) is 31.1. The van der Waals surface area contributed by atoms with Crippen molar-refractivity contribution in [1.82, 2.24) is 9.57 Å². The minimum atomic E-state index is -1.62. The van der Waals surface area contributed by atoms with Crippen molar-refractivity contribution in [2.24, 2.45) is 0 Å². The molecule has 1 aliphatic rings. The molecular formula is C23H25N2O2P.